The van der Waals surface area contributed by atoms with E-state index in [2.05, 4.69) is 32.9 Å². The number of halogens is 1. The van der Waals surface area contributed by atoms with E-state index in [1.165, 1.54) is 0 Å². The van der Waals surface area contributed by atoms with Gasteiger partial charge in [-0.25, -0.2) is 4.98 Å². The molecule has 0 fully saturated rings. The lowest BCUT2D eigenvalue weighted by Gasteiger charge is -2.06. The van der Waals surface area contributed by atoms with E-state index in [0.717, 1.165) is 14.7 Å². The van der Waals surface area contributed by atoms with Gasteiger partial charge in [-0.2, -0.15) is 0 Å². The van der Waals surface area contributed by atoms with Crippen molar-refractivity contribution in [3.8, 4) is 0 Å². The Morgan fingerprint density at radius 2 is 2.05 bits per heavy atom. The van der Waals surface area contributed by atoms with E-state index in [1.54, 1.807) is 31.2 Å². The molecule has 3 aromatic rings. The summed E-state index contributed by atoms with van der Waals surface area (Å²) in [7, 11) is 0. The maximum absolute atomic E-state index is 12.2. The van der Waals surface area contributed by atoms with Gasteiger partial charge in [-0.1, -0.05) is 12.1 Å². The third kappa shape index (κ3) is 2.53. The molecule has 0 spiro atoms. The largest absolute Gasteiger partial charge is 0.441 e. The van der Waals surface area contributed by atoms with Crippen LogP contribution in [-0.4, -0.2) is 10.9 Å². The molecule has 0 radical (unpaired) electrons. The number of nitrogens with zero attached hydrogens (tertiary/aromatic N) is 1. The summed E-state index contributed by atoms with van der Waals surface area (Å²) in [5.41, 5.74) is 2.82. The van der Waals surface area contributed by atoms with Crippen molar-refractivity contribution in [1.82, 2.24) is 4.98 Å². The monoisotopic (exact) mass is 378 g/mol. The van der Waals surface area contributed by atoms with E-state index >= 15 is 0 Å². The number of fused-ring (bicyclic) bond motifs is 1. The second-order valence-electron chi connectivity index (χ2n) is 4.35. The number of aryl methyl sites for hydroxylation is 1. The van der Waals surface area contributed by atoms with Crippen molar-refractivity contribution in [3.05, 3.63) is 57.5 Å². The predicted octanol–water partition coefficient (Wildman–Crippen LogP) is 3.99. The van der Waals surface area contributed by atoms with Gasteiger partial charge in [-0.05, 0) is 52.9 Å². The van der Waals surface area contributed by atoms with Crippen molar-refractivity contribution in [3.63, 3.8) is 0 Å². The summed E-state index contributed by atoms with van der Waals surface area (Å²) < 4.78 is 6.32. The summed E-state index contributed by atoms with van der Waals surface area (Å²) in [6, 6.07) is 12.9. The van der Waals surface area contributed by atoms with Crippen molar-refractivity contribution in [2.45, 2.75) is 6.92 Å². The van der Waals surface area contributed by atoms with Crippen LogP contribution in [-0.2, 0) is 0 Å². The highest BCUT2D eigenvalue weighted by Crippen LogP contribution is 2.21. The second kappa shape index (κ2) is 5.24. The maximum Gasteiger partial charge on any atom is 0.256 e. The van der Waals surface area contributed by atoms with Gasteiger partial charge in [0, 0.05) is 16.2 Å². The van der Waals surface area contributed by atoms with Crippen LogP contribution in [0.25, 0.3) is 11.1 Å². The molecule has 0 saturated heterocycles. The molecule has 20 heavy (non-hydrogen) atoms. The molecule has 5 heteroatoms. The standard InChI is InChI=1S/C15H11IN2O2/c1-9-17-13-8-10(6-7-14(13)20-9)18-15(19)11-4-2-3-5-12(11)16/h2-8H,1H3,(H,18,19). The number of hydrogen-bond acceptors (Lipinski definition) is 3. The summed E-state index contributed by atoms with van der Waals surface area (Å²) in [6.45, 7) is 1.80. The first kappa shape index (κ1) is 13.1. The first-order valence-corrected chi connectivity index (χ1v) is 7.14. The third-order valence-corrected chi connectivity index (χ3v) is 3.81. The molecule has 2 aromatic carbocycles. The van der Waals surface area contributed by atoms with Gasteiger partial charge in [0.1, 0.15) is 5.52 Å². The van der Waals surface area contributed by atoms with Crippen LogP contribution in [0.5, 0.6) is 0 Å². The Kier molecular flexibility index (Phi) is 3.43. The minimum atomic E-state index is -0.130. The van der Waals surface area contributed by atoms with Crippen LogP contribution in [0.2, 0.25) is 0 Å². The molecule has 0 atom stereocenters. The maximum atomic E-state index is 12.2. The molecule has 100 valence electrons. The third-order valence-electron chi connectivity index (χ3n) is 2.87. The lowest BCUT2D eigenvalue weighted by atomic mass is 10.2. The molecule has 0 bridgehead atoms. The van der Waals surface area contributed by atoms with E-state index in [-0.39, 0.29) is 5.91 Å². The predicted molar refractivity (Wildman–Crippen MR) is 85.9 cm³/mol. The van der Waals surface area contributed by atoms with Gasteiger partial charge in [0.2, 0.25) is 0 Å². The zero-order chi connectivity index (χ0) is 14.1. The summed E-state index contributed by atoms with van der Waals surface area (Å²) in [4.78, 5) is 16.5. The summed E-state index contributed by atoms with van der Waals surface area (Å²) in [5.74, 6) is 0.482. The number of carbonyl (C=O) groups excluding carboxylic acids is 1. The summed E-state index contributed by atoms with van der Waals surface area (Å²) in [6.07, 6.45) is 0. The molecule has 1 amide bonds. The van der Waals surface area contributed by atoms with E-state index in [4.69, 9.17) is 4.42 Å². The van der Waals surface area contributed by atoms with Crippen LogP contribution < -0.4 is 5.32 Å². The molecule has 0 aliphatic carbocycles. The van der Waals surface area contributed by atoms with Gasteiger partial charge in [0.15, 0.2) is 11.5 Å². The molecule has 0 unspecified atom stereocenters. The van der Waals surface area contributed by atoms with Crippen LogP contribution in [0.3, 0.4) is 0 Å². The van der Waals surface area contributed by atoms with Crippen LogP contribution in [0.1, 0.15) is 16.2 Å². The normalized spacial score (nSPS) is 10.7. The molecule has 0 aliphatic heterocycles. The Labute approximate surface area is 129 Å². The molecule has 3 rings (SSSR count). The van der Waals surface area contributed by atoms with Gasteiger partial charge in [-0.3, -0.25) is 4.79 Å². The fourth-order valence-corrected chi connectivity index (χ4v) is 2.60. The average Bonchev–Trinajstić information content (AvgIpc) is 2.78. The molecule has 4 nitrogen and oxygen atoms in total. The van der Waals surface area contributed by atoms with E-state index < -0.39 is 0 Å². The SMILES string of the molecule is Cc1nc2cc(NC(=O)c3ccccc3I)ccc2o1. The second-order valence-corrected chi connectivity index (χ2v) is 5.51. The number of aromatic nitrogens is 1. The van der Waals surface area contributed by atoms with Gasteiger partial charge < -0.3 is 9.73 Å². The quantitative estimate of drug-likeness (QED) is 0.686. The first-order chi connectivity index (χ1) is 9.63. The van der Waals surface area contributed by atoms with Crippen LogP contribution in [0.15, 0.2) is 46.9 Å². The van der Waals surface area contributed by atoms with Crippen LogP contribution in [0.4, 0.5) is 5.69 Å². The highest BCUT2D eigenvalue weighted by Gasteiger charge is 2.10. The Morgan fingerprint density at radius 3 is 2.85 bits per heavy atom. The Bertz CT molecular complexity index is 795. The van der Waals surface area contributed by atoms with Crippen LogP contribution in [0, 0.1) is 10.5 Å². The highest BCUT2D eigenvalue weighted by atomic mass is 127. The van der Waals surface area contributed by atoms with Gasteiger partial charge in [-0.15, -0.1) is 0 Å². The molecular weight excluding hydrogens is 367 g/mol. The fraction of sp³-hybridized carbons (Fsp3) is 0.0667. The molecule has 1 N–H and O–H groups in total. The molecule has 0 saturated carbocycles. The number of benzene rings is 2. The number of anilines is 1. The number of nitrogens with one attached hydrogen (secondary N) is 1. The first-order valence-electron chi connectivity index (χ1n) is 6.06. The van der Waals surface area contributed by atoms with Crippen molar-refractivity contribution >= 4 is 45.3 Å². The van der Waals surface area contributed by atoms with Crippen molar-refractivity contribution in [2.24, 2.45) is 0 Å². The highest BCUT2D eigenvalue weighted by molar-refractivity contribution is 14.1. The number of amides is 1. The molecule has 1 aromatic heterocycles. The van der Waals surface area contributed by atoms with Crippen molar-refractivity contribution < 1.29 is 9.21 Å². The van der Waals surface area contributed by atoms with Crippen molar-refractivity contribution in [2.75, 3.05) is 5.32 Å². The molecule has 1 heterocycles. The van der Waals surface area contributed by atoms with Gasteiger partial charge >= 0.3 is 0 Å². The smallest absolute Gasteiger partial charge is 0.256 e. The van der Waals surface area contributed by atoms with Crippen molar-refractivity contribution in [1.29, 1.82) is 0 Å². The zero-order valence-electron chi connectivity index (χ0n) is 10.7. The van der Waals surface area contributed by atoms with Gasteiger partial charge in [0.25, 0.3) is 5.91 Å². The fourth-order valence-electron chi connectivity index (χ4n) is 1.96. The Balaban J connectivity index is 1.89. The van der Waals surface area contributed by atoms with E-state index in [1.807, 2.05) is 18.2 Å². The zero-order valence-corrected chi connectivity index (χ0v) is 12.8. The van der Waals surface area contributed by atoms with E-state index in [9.17, 15) is 4.79 Å². The molecule has 0 aliphatic rings. The van der Waals surface area contributed by atoms with E-state index in [0.29, 0.717) is 17.1 Å². The minimum absolute atomic E-state index is 0.130. The number of rotatable bonds is 2. The average molecular weight is 378 g/mol. The number of oxazole rings is 1. The number of hydrogen-bond donors (Lipinski definition) is 1. The molecular formula is C15H11IN2O2. The van der Waals surface area contributed by atoms with Gasteiger partial charge in [0.05, 0.1) is 5.56 Å². The summed E-state index contributed by atoms with van der Waals surface area (Å²) >= 11 is 2.15. The van der Waals surface area contributed by atoms with Crippen LogP contribution >= 0.6 is 22.6 Å². The minimum Gasteiger partial charge on any atom is -0.441 e. The lowest BCUT2D eigenvalue weighted by molar-refractivity contribution is 0.102. The number of carbonyl (C=O) groups is 1. The Morgan fingerprint density at radius 1 is 1.25 bits per heavy atom. The topological polar surface area (TPSA) is 55.1 Å². The Hall–Kier alpha value is -1.89. The lowest BCUT2D eigenvalue weighted by Crippen LogP contribution is -2.13. The summed E-state index contributed by atoms with van der Waals surface area (Å²) in [5, 5.41) is 2.88.